The van der Waals surface area contributed by atoms with Crippen molar-refractivity contribution in [2.75, 3.05) is 0 Å². The van der Waals surface area contributed by atoms with E-state index in [0.717, 1.165) is 11.4 Å². The van der Waals surface area contributed by atoms with Gasteiger partial charge in [-0.2, -0.15) is 0 Å². The first-order chi connectivity index (χ1) is 56.6. The fourth-order valence-electron chi connectivity index (χ4n) is 18.5. The van der Waals surface area contributed by atoms with Crippen LogP contribution in [0, 0.1) is 0 Å². The van der Waals surface area contributed by atoms with E-state index in [-0.39, 0.29) is 0 Å². The monoisotopic (exact) mass is 1450 g/mol. The molecule has 0 radical (unpaired) electrons. The van der Waals surface area contributed by atoms with E-state index in [2.05, 4.69) is 452 Å². The third-order valence-corrected chi connectivity index (χ3v) is 23.7. The maximum Gasteiger partial charge on any atom is 0.0542 e. The summed E-state index contributed by atoms with van der Waals surface area (Å²) in [6.07, 6.45) is 0. The third-order valence-electron chi connectivity index (χ3n) is 23.7. The van der Waals surface area contributed by atoms with Crippen molar-refractivity contribution in [2.45, 2.75) is 0 Å². The Kier molecular flexibility index (Phi) is 14.9. The average molecular weight is 1450 g/mol. The maximum absolute atomic E-state index is 2.43. The van der Waals surface area contributed by atoms with Gasteiger partial charge in [0.15, 0.2) is 0 Å². The second-order valence-electron chi connectivity index (χ2n) is 29.9. The number of hydrogen-bond acceptors (Lipinski definition) is 0. The van der Waals surface area contributed by atoms with Crippen LogP contribution in [0.3, 0.4) is 0 Å². The van der Waals surface area contributed by atoms with Crippen LogP contribution in [0.15, 0.2) is 425 Å². The second-order valence-corrected chi connectivity index (χ2v) is 29.9. The molecule has 6 aromatic heterocycles. The van der Waals surface area contributed by atoms with E-state index in [4.69, 9.17) is 0 Å². The maximum atomic E-state index is 2.43. The van der Waals surface area contributed by atoms with Crippen molar-refractivity contribution in [3.05, 3.63) is 425 Å². The van der Waals surface area contributed by atoms with Gasteiger partial charge < -0.3 is 27.4 Å². The van der Waals surface area contributed by atoms with Crippen molar-refractivity contribution in [3.63, 3.8) is 0 Å². The Morgan fingerprint density at radius 2 is 0.281 bits per heavy atom. The quantitative estimate of drug-likeness (QED) is 0.131. The van der Waals surface area contributed by atoms with E-state index in [9.17, 15) is 0 Å². The summed E-state index contributed by atoms with van der Waals surface area (Å²) in [6, 6.07) is 155. The molecule has 0 saturated carbocycles. The first-order valence-corrected chi connectivity index (χ1v) is 39.2. The van der Waals surface area contributed by atoms with E-state index in [0.29, 0.717) is 0 Å². The molecule has 6 heteroatoms. The Labute approximate surface area is 657 Å². The predicted octanol–water partition coefficient (Wildman–Crippen LogP) is 28.6. The summed E-state index contributed by atoms with van der Waals surface area (Å²) in [4.78, 5) is 0. The number of para-hydroxylation sites is 10. The molecule has 24 rings (SSSR count). The minimum atomic E-state index is 1.15. The molecular weight excluding hydrogens is 1380 g/mol. The first-order valence-electron chi connectivity index (χ1n) is 39.2. The van der Waals surface area contributed by atoms with Crippen molar-refractivity contribution in [1.82, 2.24) is 27.4 Å². The number of fused-ring (bicyclic) bond motifs is 18. The van der Waals surface area contributed by atoms with Gasteiger partial charge >= 0.3 is 0 Å². The Balaban J connectivity index is 0.000000135. The van der Waals surface area contributed by atoms with E-state index < -0.39 is 0 Å². The van der Waals surface area contributed by atoms with Crippen molar-refractivity contribution >= 4 is 131 Å². The van der Waals surface area contributed by atoms with E-state index in [1.165, 1.54) is 198 Å². The molecule has 0 saturated heterocycles. The Hall–Kier alpha value is -15.2. The molecule has 0 aliphatic rings. The van der Waals surface area contributed by atoms with Crippen LogP contribution in [0.5, 0.6) is 0 Å². The molecule has 0 amide bonds. The van der Waals surface area contributed by atoms with Crippen LogP contribution in [0.2, 0.25) is 0 Å². The molecule has 0 fully saturated rings. The highest BCUT2D eigenvalue weighted by Crippen LogP contribution is 2.44. The van der Waals surface area contributed by atoms with E-state index in [1.54, 1.807) is 0 Å². The molecule has 0 atom stereocenters. The van der Waals surface area contributed by atoms with Gasteiger partial charge in [0.05, 0.1) is 66.2 Å². The summed E-state index contributed by atoms with van der Waals surface area (Å²) in [5.41, 5.74) is 31.1. The highest BCUT2D eigenvalue weighted by molar-refractivity contribution is 6.17. The zero-order valence-corrected chi connectivity index (χ0v) is 62.1. The van der Waals surface area contributed by atoms with Gasteiger partial charge in [-0.1, -0.05) is 249 Å². The highest BCUT2D eigenvalue weighted by Gasteiger charge is 2.22. The molecule has 0 spiro atoms. The van der Waals surface area contributed by atoms with Crippen LogP contribution < -0.4 is 0 Å². The normalized spacial score (nSPS) is 11.9. The highest BCUT2D eigenvalue weighted by atomic mass is 15.0. The van der Waals surface area contributed by atoms with Gasteiger partial charge in [0, 0.05) is 98.8 Å². The first kappa shape index (κ1) is 64.7. The van der Waals surface area contributed by atoms with Gasteiger partial charge in [0.1, 0.15) is 0 Å². The van der Waals surface area contributed by atoms with Crippen LogP contribution in [0.4, 0.5) is 0 Å². The van der Waals surface area contributed by atoms with Gasteiger partial charge in [0.2, 0.25) is 0 Å². The van der Waals surface area contributed by atoms with Crippen LogP contribution in [-0.2, 0) is 0 Å². The summed E-state index contributed by atoms with van der Waals surface area (Å²) < 4.78 is 14.3. The smallest absolute Gasteiger partial charge is 0.0542 e. The van der Waals surface area contributed by atoms with E-state index in [1.807, 2.05) is 0 Å². The molecule has 6 heterocycles. The molecule has 532 valence electrons. The zero-order valence-electron chi connectivity index (χ0n) is 62.1. The van der Waals surface area contributed by atoms with Gasteiger partial charge in [-0.05, 0) is 220 Å². The van der Waals surface area contributed by atoms with Crippen LogP contribution in [0.25, 0.3) is 209 Å². The Bertz CT molecular complexity index is 7950. The average Bonchev–Trinajstić information content (AvgIpc) is 1.59. The molecule has 0 unspecified atom stereocenters. The molecule has 0 bridgehead atoms. The molecule has 0 aliphatic heterocycles. The second kappa shape index (κ2) is 26.2. The molecule has 0 aliphatic carbocycles. The lowest BCUT2D eigenvalue weighted by Gasteiger charge is -2.11. The number of rotatable bonds is 10. The fraction of sp³-hybridized carbons (Fsp3) is 0. The number of aromatic nitrogens is 6. The van der Waals surface area contributed by atoms with Gasteiger partial charge in [-0.3, -0.25) is 0 Å². The Morgan fingerprint density at radius 3 is 0.561 bits per heavy atom. The standard InChI is InChI=1S/2C54H35N3/c1-3-13-40(14-4-1)55-49-20-10-7-17-43(49)46-33-38(27-30-52(46)55)36-23-25-37(26-24-36)39-28-31-53-47(34-39)44-18-8-12-22-51(44)57(53)42-29-32-54-48(35-42)45-19-9-11-21-50(45)56(54)41-15-5-2-6-16-41;1-3-15-40(16-4-1)55-49-23-10-7-20-43(49)46-33-37(26-29-52(46)55)36-14-13-19-42(32-36)57-51-25-12-9-22-45(51)48-35-39(28-31-54(48)57)38-27-30-53-47(34-38)44-21-8-11-24-50(44)56(53)41-17-5-2-6-18-41/h2*1-35H. The molecule has 18 aromatic carbocycles. The van der Waals surface area contributed by atoms with Gasteiger partial charge in [-0.15, -0.1) is 0 Å². The topological polar surface area (TPSA) is 29.6 Å². The lowest BCUT2D eigenvalue weighted by Crippen LogP contribution is -1.95. The van der Waals surface area contributed by atoms with Crippen LogP contribution >= 0.6 is 0 Å². The summed E-state index contributed by atoms with van der Waals surface area (Å²) in [6.45, 7) is 0. The number of hydrogen-bond donors (Lipinski definition) is 0. The minimum Gasteiger partial charge on any atom is -0.309 e. The summed E-state index contributed by atoms with van der Waals surface area (Å²) >= 11 is 0. The van der Waals surface area contributed by atoms with Crippen molar-refractivity contribution in [1.29, 1.82) is 0 Å². The van der Waals surface area contributed by atoms with Crippen LogP contribution in [-0.4, -0.2) is 27.4 Å². The van der Waals surface area contributed by atoms with Crippen molar-refractivity contribution < 1.29 is 0 Å². The van der Waals surface area contributed by atoms with Gasteiger partial charge in [-0.25, -0.2) is 0 Å². The SMILES string of the molecule is c1ccc(-n2c3ccccc3c3cc(-c4ccc(-c5ccc6c(c5)c5ccccc5n6-c5ccc6c(c5)c5ccccc5n6-c5ccccc5)cc4)ccc32)cc1.c1ccc(-n2c3ccccc3c3cc(-c4cccc(-n5c6ccccc6c6cc(-c7ccc8c(c7)c7ccccc7n8-c7ccccc7)ccc65)c4)ccc32)cc1. The zero-order chi connectivity index (χ0) is 74.9. The van der Waals surface area contributed by atoms with Crippen molar-refractivity contribution in [2.24, 2.45) is 0 Å². The molecule has 6 nitrogen and oxygen atoms in total. The Morgan fingerprint density at radius 1 is 0.0965 bits per heavy atom. The van der Waals surface area contributed by atoms with Gasteiger partial charge in [0.25, 0.3) is 0 Å². The minimum absolute atomic E-state index is 1.15. The molecular formula is C108H70N6. The number of benzene rings is 18. The predicted molar refractivity (Wildman–Crippen MR) is 481 cm³/mol. The third kappa shape index (κ3) is 10.4. The number of nitrogens with zero attached hydrogens (tertiary/aromatic N) is 6. The fourth-order valence-corrected chi connectivity index (χ4v) is 18.5. The summed E-state index contributed by atoms with van der Waals surface area (Å²) in [7, 11) is 0. The summed E-state index contributed by atoms with van der Waals surface area (Å²) in [5.74, 6) is 0. The largest absolute Gasteiger partial charge is 0.309 e. The molecule has 0 N–H and O–H groups in total. The lowest BCUT2D eigenvalue weighted by molar-refractivity contribution is 1.17. The molecule has 24 aromatic rings. The lowest BCUT2D eigenvalue weighted by atomic mass is 9.98. The van der Waals surface area contributed by atoms with E-state index >= 15 is 0 Å². The van der Waals surface area contributed by atoms with Crippen molar-refractivity contribution in [3.8, 4) is 78.6 Å². The summed E-state index contributed by atoms with van der Waals surface area (Å²) in [5, 5.41) is 15.1. The molecule has 114 heavy (non-hydrogen) atoms. The van der Waals surface area contributed by atoms with Crippen LogP contribution in [0.1, 0.15) is 0 Å².